The number of carboxylic acid groups (broad SMARTS) is 2. The smallest absolute Gasteiger partial charge is 0.346 e. The number of aromatic carboxylic acids is 2. The van der Waals surface area contributed by atoms with Crippen LogP contribution in [0.25, 0.3) is 11.1 Å². The molecule has 8 heteroatoms. The first-order chi connectivity index (χ1) is 13.8. The topological polar surface area (TPSA) is 104 Å². The number of halogens is 1. The van der Waals surface area contributed by atoms with Crippen LogP contribution in [0.1, 0.15) is 42.8 Å². The fourth-order valence-electron chi connectivity index (χ4n) is 3.48. The Morgan fingerprint density at radius 3 is 2.41 bits per heavy atom. The average molecular weight is 411 g/mol. The normalized spacial score (nSPS) is 15.5. The molecular weight excluding hydrogens is 397 g/mol. The van der Waals surface area contributed by atoms with Crippen molar-refractivity contribution in [2.75, 3.05) is 5.32 Å². The molecule has 1 amide bonds. The van der Waals surface area contributed by atoms with Crippen LogP contribution in [0.2, 0.25) is 0 Å². The van der Waals surface area contributed by atoms with Gasteiger partial charge in [0.25, 0.3) is 0 Å². The highest BCUT2D eigenvalue weighted by Gasteiger charge is 2.34. The minimum Gasteiger partial charge on any atom is -0.478 e. The maximum Gasteiger partial charge on any atom is 0.346 e. The largest absolute Gasteiger partial charge is 0.478 e. The van der Waals surface area contributed by atoms with Gasteiger partial charge in [-0.05, 0) is 35.4 Å². The number of thiophene rings is 1. The van der Waals surface area contributed by atoms with Gasteiger partial charge < -0.3 is 15.5 Å². The zero-order chi connectivity index (χ0) is 20.7. The van der Waals surface area contributed by atoms with Crippen molar-refractivity contribution in [1.29, 1.82) is 0 Å². The predicted octanol–water partition coefficient (Wildman–Crippen LogP) is 4.42. The van der Waals surface area contributed by atoms with E-state index in [9.17, 15) is 23.9 Å². The Morgan fingerprint density at radius 2 is 1.79 bits per heavy atom. The van der Waals surface area contributed by atoms with Crippen LogP contribution < -0.4 is 5.32 Å². The van der Waals surface area contributed by atoms with Gasteiger partial charge in [-0.3, -0.25) is 4.79 Å². The van der Waals surface area contributed by atoms with Crippen LogP contribution in [0.15, 0.2) is 48.5 Å². The Hall–Kier alpha value is -3.52. The van der Waals surface area contributed by atoms with Crippen LogP contribution in [0, 0.1) is 5.82 Å². The van der Waals surface area contributed by atoms with E-state index in [4.69, 9.17) is 5.11 Å². The summed E-state index contributed by atoms with van der Waals surface area (Å²) in [5.41, 5.74) is 1.82. The van der Waals surface area contributed by atoms with E-state index in [1.807, 2.05) is 0 Å². The van der Waals surface area contributed by atoms with Crippen LogP contribution in [0.5, 0.6) is 0 Å². The molecule has 0 spiro atoms. The first kappa shape index (κ1) is 18.8. The second kappa shape index (κ2) is 7.14. The van der Waals surface area contributed by atoms with Crippen LogP contribution in [-0.4, -0.2) is 28.1 Å². The summed E-state index contributed by atoms with van der Waals surface area (Å²) in [5.74, 6) is -3.46. The Balaban J connectivity index is 1.89. The number of rotatable bonds is 4. The number of benzene rings is 2. The Morgan fingerprint density at radius 1 is 1.07 bits per heavy atom. The standard InChI is InChI=1S/C21H14FNO5S/c22-13-3-1-2-12(8-13)16-17-18(29-19(16)21(27)28)14(9-15(24)23-17)10-4-6-11(7-5-10)20(25)26/h1-8,14H,9H2,(H,23,24)(H,25,26)(H,27,28)/t14-/m0/s1. The van der Waals surface area contributed by atoms with E-state index in [0.29, 0.717) is 21.7 Å². The van der Waals surface area contributed by atoms with E-state index in [0.717, 1.165) is 11.3 Å². The second-order valence-corrected chi connectivity index (χ2v) is 7.65. The minimum absolute atomic E-state index is 0.00922. The molecule has 0 bridgehead atoms. The van der Waals surface area contributed by atoms with Crippen molar-refractivity contribution in [3.05, 3.63) is 75.2 Å². The maximum atomic E-state index is 13.8. The fraction of sp³-hybridized carbons (Fsp3) is 0.0952. The Kier molecular flexibility index (Phi) is 4.63. The number of hydrogen-bond donors (Lipinski definition) is 3. The molecule has 2 heterocycles. The summed E-state index contributed by atoms with van der Waals surface area (Å²) in [7, 11) is 0. The molecule has 4 rings (SSSR count). The molecule has 2 aromatic carbocycles. The van der Waals surface area contributed by atoms with Gasteiger partial charge in [0.1, 0.15) is 10.7 Å². The lowest BCUT2D eigenvalue weighted by molar-refractivity contribution is -0.116. The summed E-state index contributed by atoms with van der Waals surface area (Å²) in [6, 6.07) is 11.7. The number of nitrogens with one attached hydrogen (secondary N) is 1. The van der Waals surface area contributed by atoms with Crippen molar-refractivity contribution < 1.29 is 29.0 Å². The zero-order valence-corrected chi connectivity index (χ0v) is 15.6. The first-order valence-corrected chi connectivity index (χ1v) is 9.46. The molecule has 0 fully saturated rings. The number of hydrogen-bond acceptors (Lipinski definition) is 4. The molecule has 0 radical (unpaired) electrons. The van der Waals surface area contributed by atoms with Gasteiger partial charge in [0.2, 0.25) is 5.91 Å². The lowest BCUT2D eigenvalue weighted by atomic mass is 9.88. The molecule has 1 aliphatic rings. The van der Waals surface area contributed by atoms with Crippen molar-refractivity contribution in [3.63, 3.8) is 0 Å². The maximum absolute atomic E-state index is 13.8. The molecule has 1 aromatic heterocycles. The van der Waals surface area contributed by atoms with Crippen LogP contribution in [0.3, 0.4) is 0 Å². The summed E-state index contributed by atoms with van der Waals surface area (Å²) in [4.78, 5) is 36.0. The van der Waals surface area contributed by atoms with E-state index < -0.39 is 23.7 Å². The molecule has 0 aliphatic carbocycles. The third kappa shape index (κ3) is 3.38. The summed E-state index contributed by atoms with van der Waals surface area (Å²) >= 11 is 1.03. The van der Waals surface area contributed by atoms with Crippen LogP contribution in [-0.2, 0) is 4.79 Å². The van der Waals surface area contributed by atoms with Crippen molar-refractivity contribution in [3.8, 4) is 11.1 Å². The molecule has 1 atom stereocenters. The van der Waals surface area contributed by atoms with Crippen molar-refractivity contribution in [2.45, 2.75) is 12.3 Å². The number of anilines is 1. The van der Waals surface area contributed by atoms with Gasteiger partial charge in [-0.25, -0.2) is 14.0 Å². The third-order valence-electron chi connectivity index (χ3n) is 4.77. The van der Waals surface area contributed by atoms with E-state index in [2.05, 4.69) is 5.32 Å². The number of fused-ring (bicyclic) bond motifs is 1. The number of amides is 1. The molecule has 29 heavy (non-hydrogen) atoms. The lowest BCUT2D eigenvalue weighted by Gasteiger charge is -2.24. The van der Waals surface area contributed by atoms with Gasteiger partial charge in [0.05, 0.1) is 11.3 Å². The Labute approximate surface area is 168 Å². The summed E-state index contributed by atoms with van der Waals surface area (Å²) in [6.07, 6.45) is 0.0988. The highest BCUT2D eigenvalue weighted by Crippen LogP contribution is 2.49. The SMILES string of the molecule is O=C1C[C@@H](c2ccc(C(=O)O)cc2)c2sc(C(=O)O)c(-c3cccc(F)c3)c2N1. The van der Waals surface area contributed by atoms with Crippen molar-refractivity contribution in [1.82, 2.24) is 0 Å². The molecule has 6 nitrogen and oxygen atoms in total. The van der Waals surface area contributed by atoms with E-state index in [1.54, 1.807) is 18.2 Å². The number of carboxylic acids is 2. The summed E-state index contributed by atoms with van der Waals surface area (Å²) < 4.78 is 13.8. The molecule has 1 aliphatic heterocycles. The quantitative estimate of drug-likeness (QED) is 0.589. The van der Waals surface area contributed by atoms with Crippen molar-refractivity contribution >= 4 is 34.9 Å². The van der Waals surface area contributed by atoms with Gasteiger partial charge in [0, 0.05) is 22.8 Å². The van der Waals surface area contributed by atoms with E-state index >= 15 is 0 Å². The first-order valence-electron chi connectivity index (χ1n) is 8.64. The molecule has 146 valence electrons. The van der Waals surface area contributed by atoms with Gasteiger partial charge >= 0.3 is 11.9 Å². The molecular formula is C21H14FNO5S. The average Bonchev–Trinajstić information content (AvgIpc) is 3.07. The van der Waals surface area contributed by atoms with Crippen LogP contribution in [0.4, 0.5) is 10.1 Å². The van der Waals surface area contributed by atoms with Gasteiger partial charge in [-0.2, -0.15) is 0 Å². The number of carbonyl (C=O) groups excluding carboxylic acids is 1. The van der Waals surface area contributed by atoms with Crippen LogP contribution >= 0.6 is 11.3 Å². The van der Waals surface area contributed by atoms with Gasteiger partial charge in [-0.1, -0.05) is 24.3 Å². The van der Waals surface area contributed by atoms with Gasteiger partial charge in [0.15, 0.2) is 0 Å². The van der Waals surface area contributed by atoms with Crippen molar-refractivity contribution in [2.24, 2.45) is 0 Å². The lowest BCUT2D eigenvalue weighted by Crippen LogP contribution is -2.22. The van der Waals surface area contributed by atoms with Gasteiger partial charge in [-0.15, -0.1) is 11.3 Å². The summed E-state index contributed by atoms with van der Waals surface area (Å²) in [6.45, 7) is 0. The molecule has 0 unspecified atom stereocenters. The summed E-state index contributed by atoms with van der Waals surface area (Å²) in [5, 5.41) is 21.5. The molecule has 3 N–H and O–H groups in total. The number of carbonyl (C=O) groups is 3. The third-order valence-corrected chi connectivity index (χ3v) is 6.06. The molecule has 3 aromatic rings. The monoisotopic (exact) mass is 411 g/mol. The predicted molar refractivity (Wildman–Crippen MR) is 105 cm³/mol. The highest BCUT2D eigenvalue weighted by molar-refractivity contribution is 7.15. The highest BCUT2D eigenvalue weighted by atomic mass is 32.1. The zero-order valence-electron chi connectivity index (χ0n) is 14.8. The van der Waals surface area contributed by atoms with E-state index in [-0.39, 0.29) is 28.3 Å². The Bertz CT molecular complexity index is 1150. The van der Waals surface area contributed by atoms with E-state index in [1.165, 1.54) is 30.3 Å². The molecule has 0 saturated carbocycles. The minimum atomic E-state index is -1.17. The fourth-order valence-corrected chi connectivity index (χ4v) is 4.73. The molecule has 0 saturated heterocycles. The second-order valence-electron chi connectivity index (χ2n) is 6.59.